The minimum absolute atomic E-state index is 0.0215. The van der Waals surface area contributed by atoms with Crippen LogP contribution in [0.25, 0.3) is 0 Å². The number of furan rings is 1. The lowest BCUT2D eigenvalue weighted by Gasteiger charge is -2.51. The third-order valence-electron chi connectivity index (χ3n) is 15.4. The van der Waals surface area contributed by atoms with E-state index in [2.05, 4.69) is 181 Å². The molecule has 58 heavy (non-hydrogen) atoms. The number of fused-ring (bicyclic) bond motifs is 7. The van der Waals surface area contributed by atoms with Crippen molar-refractivity contribution in [1.82, 2.24) is 0 Å². The van der Waals surface area contributed by atoms with Crippen molar-refractivity contribution in [1.29, 1.82) is 0 Å². The maximum absolute atomic E-state index is 7.68. The summed E-state index contributed by atoms with van der Waals surface area (Å²) in [6.07, 6.45) is 8.15. The van der Waals surface area contributed by atoms with Gasteiger partial charge in [0.05, 0.1) is 17.4 Å². The second-order valence-electron chi connectivity index (χ2n) is 23.7. The van der Waals surface area contributed by atoms with E-state index in [0.717, 1.165) is 24.9 Å². The van der Waals surface area contributed by atoms with Gasteiger partial charge in [-0.2, -0.15) is 0 Å². The van der Waals surface area contributed by atoms with Crippen LogP contribution in [-0.2, 0) is 32.5 Å². The second-order valence-corrected chi connectivity index (χ2v) is 23.7. The molecule has 0 saturated carbocycles. The van der Waals surface area contributed by atoms with Crippen LogP contribution < -0.4 is 20.9 Å². The fourth-order valence-corrected chi connectivity index (χ4v) is 11.4. The highest BCUT2D eigenvalue weighted by Crippen LogP contribution is 2.57. The van der Waals surface area contributed by atoms with Gasteiger partial charge in [-0.25, -0.2) is 0 Å². The Morgan fingerprint density at radius 3 is 1.83 bits per heavy atom. The lowest BCUT2D eigenvalue weighted by Crippen LogP contribution is -2.61. The molecule has 3 aromatic carbocycles. The average Bonchev–Trinajstić information content (AvgIpc) is 3.54. The molecule has 1 atom stereocenters. The quantitative estimate of drug-likeness (QED) is 0.189. The Bertz CT molecular complexity index is 2430. The highest BCUT2D eigenvalue weighted by atomic mass is 16.3. The summed E-state index contributed by atoms with van der Waals surface area (Å²) in [6.45, 7) is 38.4. The molecule has 3 heterocycles. The van der Waals surface area contributed by atoms with Gasteiger partial charge in [0.1, 0.15) is 5.76 Å². The summed E-state index contributed by atoms with van der Waals surface area (Å²) < 4.78 is 7.68. The number of hydrogen-bond acceptors (Lipinski definition) is 3. The molecule has 0 fully saturated rings. The average molecular weight is 773 g/mol. The molecule has 4 heteroatoms. The summed E-state index contributed by atoms with van der Waals surface area (Å²) in [5.41, 5.74) is 20.8. The number of hydrogen-bond donors (Lipinski definition) is 0. The number of nitrogens with zero attached hydrogens (tertiary/aromatic N) is 2. The van der Waals surface area contributed by atoms with E-state index in [-0.39, 0.29) is 45.2 Å². The van der Waals surface area contributed by atoms with E-state index in [4.69, 9.17) is 4.42 Å². The van der Waals surface area contributed by atoms with Crippen molar-refractivity contribution in [2.45, 2.75) is 181 Å². The molecule has 0 spiro atoms. The first-order valence-electron chi connectivity index (χ1n) is 22.4. The Labute approximate surface area is 351 Å². The molecule has 3 aliphatic carbocycles. The van der Waals surface area contributed by atoms with Crippen LogP contribution in [0.4, 0.5) is 22.7 Å². The molecular weight excluding hydrogens is 703 g/mol. The minimum Gasteiger partial charge on any atom is -0.472 e. The summed E-state index contributed by atoms with van der Waals surface area (Å²) in [4.78, 5) is 5.43. The Kier molecular flexibility index (Phi) is 8.40. The molecule has 0 N–H and O–H groups in total. The predicted octanol–water partition coefficient (Wildman–Crippen LogP) is 13.3. The van der Waals surface area contributed by atoms with Crippen LogP contribution in [0.5, 0.6) is 0 Å². The van der Waals surface area contributed by atoms with Crippen molar-refractivity contribution in [3.63, 3.8) is 0 Å². The second kappa shape index (κ2) is 12.3. The summed E-state index contributed by atoms with van der Waals surface area (Å²) in [6, 6.07) is 22.2. The zero-order valence-corrected chi connectivity index (χ0v) is 38.8. The molecule has 9 rings (SSSR count). The van der Waals surface area contributed by atoms with Gasteiger partial charge in [0, 0.05) is 33.7 Å². The summed E-state index contributed by atoms with van der Waals surface area (Å²) in [5.74, 6) is 1.20. The Morgan fingerprint density at radius 2 is 1.22 bits per heavy atom. The molecule has 304 valence electrons. The van der Waals surface area contributed by atoms with Crippen molar-refractivity contribution in [3.05, 3.63) is 117 Å². The van der Waals surface area contributed by atoms with E-state index < -0.39 is 0 Å². The van der Waals surface area contributed by atoms with Gasteiger partial charge in [0.2, 0.25) is 0 Å². The number of aryl methyl sites for hydroxylation is 1. The summed E-state index contributed by atoms with van der Waals surface area (Å²) >= 11 is 0. The number of benzene rings is 3. The van der Waals surface area contributed by atoms with Crippen LogP contribution >= 0.6 is 0 Å². The molecule has 1 unspecified atom stereocenters. The van der Waals surface area contributed by atoms with Crippen molar-refractivity contribution in [2.24, 2.45) is 0 Å². The molecule has 0 radical (unpaired) electrons. The van der Waals surface area contributed by atoms with Crippen LogP contribution in [0.2, 0.25) is 0 Å². The fraction of sp³-hybridized carbons (Fsp3) is 0.519. The molecule has 4 aromatic rings. The smallest absolute Gasteiger partial charge is 0.292 e. The normalized spacial score (nSPS) is 22.4. The van der Waals surface area contributed by atoms with E-state index >= 15 is 0 Å². The topological polar surface area (TPSA) is 19.6 Å². The lowest BCUT2D eigenvalue weighted by molar-refractivity contribution is 0.282. The molecule has 0 amide bonds. The molecule has 5 aliphatic rings. The van der Waals surface area contributed by atoms with E-state index in [1.54, 1.807) is 0 Å². The van der Waals surface area contributed by atoms with E-state index in [1.807, 2.05) is 0 Å². The SMILES string of the molecule is CC1=CC2=C3B(c4cc5c(cc4N2c2ccc(C(C)(C)C)cc2)C(C)(C)CCC5(C)C)c2oc4c(c2N(c2ccc(C(C)(C)C)cc2C)C3C1)C(C)(C)CCC4(C)C. The van der Waals surface area contributed by atoms with Crippen LogP contribution in [0.1, 0.15) is 175 Å². The van der Waals surface area contributed by atoms with Crippen LogP contribution in [-0.4, -0.2) is 12.8 Å². The van der Waals surface area contributed by atoms with Crippen LogP contribution in [0.3, 0.4) is 0 Å². The fourth-order valence-electron chi connectivity index (χ4n) is 11.4. The highest BCUT2D eigenvalue weighted by molar-refractivity contribution is 6.93. The van der Waals surface area contributed by atoms with Crippen molar-refractivity contribution in [2.75, 3.05) is 9.80 Å². The highest BCUT2D eigenvalue weighted by Gasteiger charge is 2.56. The van der Waals surface area contributed by atoms with Gasteiger partial charge in [0.25, 0.3) is 6.71 Å². The van der Waals surface area contributed by atoms with Gasteiger partial charge in [-0.3, -0.25) is 0 Å². The van der Waals surface area contributed by atoms with Gasteiger partial charge in [0.15, 0.2) is 0 Å². The maximum atomic E-state index is 7.68. The first-order chi connectivity index (χ1) is 26.8. The van der Waals surface area contributed by atoms with E-state index in [1.165, 1.54) is 96.9 Å². The molecule has 2 aliphatic heterocycles. The lowest BCUT2D eigenvalue weighted by atomic mass is 9.32. The predicted molar refractivity (Wildman–Crippen MR) is 249 cm³/mol. The van der Waals surface area contributed by atoms with E-state index in [9.17, 15) is 0 Å². The standard InChI is InChI=1S/C54H69BN2O/c1-32-27-42-45-43(28-32)57(40-22-19-35(29-33(40)2)50(6,7)8)46-44-47(54(15,16)26-25-53(44,13)14)58-48(46)55(45)39-30-37-38(52(11,12)24-23-51(37,9)10)31-41(39)56(42)36-20-17-34(18-21-36)49(3,4)5/h17-22,27,29-31,43H,23-26,28H2,1-16H3. The molecule has 0 saturated heterocycles. The summed E-state index contributed by atoms with van der Waals surface area (Å²) in [7, 11) is 0. The third kappa shape index (κ3) is 5.80. The zero-order chi connectivity index (χ0) is 41.9. The third-order valence-corrected chi connectivity index (χ3v) is 15.4. The van der Waals surface area contributed by atoms with Gasteiger partial charge in [-0.1, -0.05) is 133 Å². The molecular formula is C54H69BN2O. The van der Waals surface area contributed by atoms with Gasteiger partial charge >= 0.3 is 0 Å². The van der Waals surface area contributed by atoms with E-state index in [0.29, 0.717) is 0 Å². The minimum atomic E-state index is -0.0598. The largest absolute Gasteiger partial charge is 0.472 e. The maximum Gasteiger partial charge on any atom is 0.292 e. The first kappa shape index (κ1) is 39.5. The Hall–Kier alpha value is -3.92. The van der Waals surface area contributed by atoms with Crippen molar-refractivity contribution >= 4 is 40.6 Å². The van der Waals surface area contributed by atoms with Gasteiger partial charge in [-0.05, 0) is 142 Å². The zero-order valence-electron chi connectivity index (χ0n) is 38.8. The Morgan fingerprint density at radius 1 is 0.655 bits per heavy atom. The summed E-state index contributed by atoms with van der Waals surface area (Å²) in [5, 5.41) is 0. The van der Waals surface area contributed by atoms with Gasteiger partial charge in [-0.15, -0.1) is 0 Å². The van der Waals surface area contributed by atoms with Crippen molar-refractivity contribution < 1.29 is 4.42 Å². The van der Waals surface area contributed by atoms with Crippen LogP contribution in [0, 0.1) is 6.92 Å². The molecule has 1 aromatic heterocycles. The molecule has 3 nitrogen and oxygen atoms in total. The van der Waals surface area contributed by atoms with Crippen LogP contribution in [0.15, 0.2) is 81.8 Å². The number of rotatable bonds is 2. The first-order valence-corrected chi connectivity index (χ1v) is 22.4. The van der Waals surface area contributed by atoms with Crippen molar-refractivity contribution in [3.8, 4) is 0 Å². The van der Waals surface area contributed by atoms with Gasteiger partial charge < -0.3 is 14.2 Å². The Balaban J connectivity index is 1.42. The number of allylic oxidation sites excluding steroid dienone is 1. The number of anilines is 4. The monoisotopic (exact) mass is 773 g/mol. The molecule has 0 bridgehead atoms.